The molecule has 2 fully saturated rings. The summed E-state index contributed by atoms with van der Waals surface area (Å²) in [6.07, 6.45) is 4.20. The fourth-order valence-corrected chi connectivity index (χ4v) is 5.35. The van der Waals surface area contributed by atoms with E-state index in [2.05, 4.69) is 29.2 Å². The molecule has 0 bridgehead atoms. The molecule has 192 valence electrons. The van der Waals surface area contributed by atoms with Gasteiger partial charge in [0.05, 0.1) is 0 Å². The van der Waals surface area contributed by atoms with Crippen molar-refractivity contribution in [3.05, 3.63) is 83.4 Å². The smallest absolute Gasteiger partial charge is 0.231 e. The van der Waals surface area contributed by atoms with Crippen LogP contribution in [0.4, 0.5) is 0 Å². The van der Waals surface area contributed by atoms with E-state index in [9.17, 15) is 10.2 Å². The van der Waals surface area contributed by atoms with Crippen LogP contribution in [0.5, 0.6) is 23.0 Å². The molecule has 1 atom stereocenters. The lowest BCUT2D eigenvalue weighted by molar-refractivity contribution is 0.0758. The molecule has 37 heavy (non-hydrogen) atoms. The fraction of sp³-hybridized carbons (Fsp3) is 0.355. The molecule has 0 radical (unpaired) electrons. The summed E-state index contributed by atoms with van der Waals surface area (Å²) in [5.74, 6) is 3.00. The zero-order valence-corrected chi connectivity index (χ0v) is 20.9. The highest BCUT2D eigenvalue weighted by Gasteiger charge is 2.31. The summed E-state index contributed by atoms with van der Waals surface area (Å²) in [6.45, 7) is 3.31. The van der Waals surface area contributed by atoms with Crippen LogP contribution >= 0.6 is 0 Å². The number of benzene rings is 3. The van der Waals surface area contributed by atoms with E-state index in [1.165, 1.54) is 18.4 Å². The molecule has 6 heteroatoms. The Balaban J connectivity index is 1.30. The molecular formula is C31H33NO5. The standard InChI is InChI=1S/C31H33NO5/c33-25-10-5-22(6-11-25)30(31(21-3-4-21)24-9-14-28-29(17-24)37-20-36-28)23-7-12-27(13-8-23)35-19-26(34)18-32-15-1-2-16-32/h5-14,17,21,26,33-34H,1-4,15-16,18-20H2/b31-30+. The minimum Gasteiger partial charge on any atom is -0.508 e. The highest BCUT2D eigenvalue weighted by molar-refractivity contribution is 6.00. The van der Waals surface area contributed by atoms with Crippen molar-refractivity contribution in [1.29, 1.82) is 0 Å². The number of hydrogen-bond donors (Lipinski definition) is 2. The van der Waals surface area contributed by atoms with E-state index in [-0.39, 0.29) is 19.1 Å². The summed E-state index contributed by atoms with van der Waals surface area (Å²) in [5.41, 5.74) is 5.67. The molecule has 3 aliphatic rings. The zero-order valence-electron chi connectivity index (χ0n) is 20.9. The van der Waals surface area contributed by atoms with Gasteiger partial charge < -0.3 is 29.3 Å². The molecule has 0 aromatic heterocycles. The maximum Gasteiger partial charge on any atom is 0.231 e. The Morgan fingerprint density at radius 3 is 2.22 bits per heavy atom. The molecule has 6 rings (SSSR count). The Morgan fingerprint density at radius 2 is 1.51 bits per heavy atom. The zero-order chi connectivity index (χ0) is 25.2. The molecular weight excluding hydrogens is 466 g/mol. The Morgan fingerprint density at radius 1 is 0.865 bits per heavy atom. The van der Waals surface area contributed by atoms with Crippen molar-refractivity contribution in [2.75, 3.05) is 33.0 Å². The van der Waals surface area contributed by atoms with Gasteiger partial charge in [-0.05, 0) is 109 Å². The van der Waals surface area contributed by atoms with E-state index in [1.807, 2.05) is 30.3 Å². The quantitative estimate of drug-likeness (QED) is 0.388. The van der Waals surface area contributed by atoms with Crippen molar-refractivity contribution in [2.45, 2.75) is 31.8 Å². The maximum absolute atomic E-state index is 10.4. The van der Waals surface area contributed by atoms with Crippen LogP contribution in [-0.4, -0.2) is 54.3 Å². The van der Waals surface area contributed by atoms with E-state index in [0.29, 0.717) is 12.5 Å². The van der Waals surface area contributed by atoms with Gasteiger partial charge in [-0.1, -0.05) is 30.3 Å². The number of aliphatic hydroxyl groups excluding tert-OH is 1. The number of aliphatic hydroxyl groups is 1. The van der Waals surface area contributed by atoms with Crippen LogP contribution in [0.3, 0.4) is 0 Å². The first-order valence-electron chi connectivity index (χ1n) is 13.2. The number of allylic oxidation sites excluding steroid dienone is 1. The second-order valence-electron chi connectivity index (χ2n) is 10.2. The van der Waals surface area contributed by atoms with Gasteiger partial charge in [0.25, 0.3) is 0 Å². The van der Waals surface area contributed by atoms with Crippen LogP contribution < -0.4 is 14.2 Å². The summed E-state index contributed by atoms with van der Waals surface area (Å²) in [4.78, 5) is 2.29. The third-order valence-corrected chi connectivity index (χ3v) is 7.35. The highest BCUT2D eigenvalue weighted by Crippen LogP contribution is 2.49. The van der Waals surface area contributed by atoms with E-state index >= 15 is 0 Å². The Bertz CT molecular complexity index is 1260. The molecule has 1 saturated carbocycles. The molecule has 2 N–H and O–H groups in total. The van der Waals surface area contributed by atoms with Gasteiger partial charge in [-0.2, -0.15) is 0 Å². The number of phenolic OH excluding ortho intramolecular Hbond substituents is 1. The molecule has 0 spiro atoms. The number of aromatic hydroxyl groups is 1. The number of phenols is 1. The maximum atomic E-state index is 10.4. The predicted molar refractivity (Wildman–Crippen MR) is 143 cm³/mol. The summed E-state index contributed by atoms with van der Waals surface area (Å²) in [6, 6.07) is 21.7. The SMILES string of the molecule is Oc1ccc(/C(=C(\c2ccc3c(c2)OCO3)C2CC2)c2ccc(OCC(O)CN3CCCC3)cc2)cc1. The van der Waals surface area contributed by atoms with Crippen molar-refractivity contribution < 1.29 is 24.4 Å². The number of likely N-dealkylation sites (tertiary alicyclic amines) is 1. The highest BCUT2D eigenvalue weighted by atomic mass is 16.7. The average Bonchev–Trinajstić information content (AvgIpc) is 3.40. The van der Waals surface area contributed by atoms with E-state index in [1.54, 1.807) is 12.1 Å². The Hall–Kier alpha value is -3.48. The topological polar surface area (TPSA) is 71.4 Å². The van der Waals surface area contributed by atoms with Crippen molar-refractivity contribution in [3.63, 3.8) is 0 Å². The molecule has 1 saturated heterocycles. The van der Waals surface area contributed by atoms with Gasteiger partial charge in [0.15, 0.2) is 11.5 Å². The minimum absolute atomic E-state index is 0.246. The normalized spacial score (nSPS) is 18.5. The van der Waals surface area contributed by atoms with Gasteiger partial charge in [-0.15, -0.1) is 0 Å². The second-order valence-corrected chi connectivity index (χ2v) is 10.2. The molecule has 1 aliphatic carbocycles. The summed E-state index contributed by atoms with van der Waals surface area (Å²) < 4.78 is 17.2. The average molecular weight is 500 g/mol. The van der Waals surface area contributed by atoms with Gasteiger partial charge in [-0.25, -0.2) is 0 Å². The van der Waals surface area contributed by atoms with Gasteiger partial charge in [0, 0.05) is 6.54 Å². The van der Waals surface area contributed by atoms with Gasteiger partial charge >= 0.3 is 0 Å². The first kappa shape index (κ1) is 23.9. The van der Waals surface area contributed by atoms with Crippen LogP contribution in [0.2, 0.25) is 0 Å². The lowest BCUT2D eigenvalue weighted by atomic mass is 9.87. The van der Waals surface area contributed by atoms with Crippen LogP contribution in [0.15, 0.2) is 66.7 Å². The van der Waals surface area contributed by atoms with Crippen molar-refractivity contribution in [2.24, 2.45) is 5.92 Å². The lowest BCUT2D eigenvalue weighted by Crippen LogP contribution is -2.33. The van der Waals surface area contributed by atoms with E-state index in [4.69, 9.17) is 14.2 Å². The first-order chi connectivity index (χ1) is 18.1. The fourth-order valence-electron chi connectivity index (χ4n) is 5.35. The summed E-state index contributed by atoms with van der Waals surface area (Å²) in [5, 5.41) is 20.3. The molecule has 3 aromatic rings. The van der Waals surface area contributed by atoms with Crippen molar-refractivity contribution in [1.82, 2.24) is 4.90 Å². The molecule has 3 aromatic carbocycles. The Kier molecular flexibility index (Phi) is 6.77. The van der Waals surface area contributed by atoms with Gasteiger partial charge in [0.2, 0.25) is 6.79 Å². The van der Waals surface area contributed by atoms with E-state index in [0.717, 1.165) is 65.4 Å². The number of hydrogen-bond acceptors (Lipinski definition) is 6. The molecule has 2 aliphatic heterocycles. The molecule has 6 nitrogen and oxygen atoms in total. The second kappa shape index (κ2) is 10.5. The monoisotopic (exact) mass is 499 g/mol. The number of rotatable bonds is 9. The third-order valence-electron chi connectivity index (χ3n) is 7.35. The minimum atomic E-state index is -0.502. The number of fused-ring (bicyclic) bond motifs is 1. The van der Waals surface area contributed by atoms with Crippen LogP contribution in [0.25, 0.3) is 11.1 Å². The number of ether oxygens (including phenoxy) is 3. The summed E-state index contributed by atoms with van der Waals surface area (Å²) in [7, 11) is 0. The van der Waals surface area contributed by atoms with Crippen molar-refractivity contribution in [3.8, 4) is 23.0 Å². The van der Waals surface area contributed by atoms with Crippen molar-refractivity contribution >= 4 is 11.1 Å². The molecule has 0 amide bonds. The third kappa shape index (κ3) is 5.45. The number of β-amino-alcohol motifs (C(OH)–C–C–N with tert-alkyl or cyclic N) is 1. The molecule has 2 heterocycles. The summed E-state index contributed by atoms with van der Waals surface area (Å²) >= 11 is 0. The molecule has 1 unspecified atom stereocenters. The predicted octanol–water partition coefficient (Wildman–Crippen LogP) is 5.33. The van der Waals surface area contributed by atoms with Crippen LogP contribution in [-0.2, 0) is 0 Å². The number of nitrogens with zero attached hydrogens (tertiary/aromatic N) is 1. The first-order valence-corrected chi connectivity index (χ1v) is 13.2. The van der Waals surface area contributed by atoms with E-state index < -0.39 is 6.10 Å². The largest absolute Gasteiger partial charge is 0.508 e. The van der Waals surface area contributed by atoms with Gasteiger partial charge in [-0.3, -0.25) is 0 Å². The Labute approximate surface area is 217 Å². The lowest BCUT2D eigenvalue weighted by Gasteiger charge is -2.20. The van der Waals surface area contributed by atoms with Crippen LogP contribution in [0.1, 0.15) is 42.4 Å². The van der Waals surface area contributed by atoms with Crippen LogP contribution in [0, 0.1) is 5.92 Å². The van der Waals surface area contributed by atoms with Gasteiger partial charge in [0.1, 0.15) is 24.2 Å².